The number of rotatable bonds is 1. The van der Waals surface area contributed by atoms with Crippen LogP contribution < -0.4 is 5.73 Å². The molecule has 0 aliphatic heterocycles. The maximum absolute atomic E-state index is 6.22. The number of hydrogen-bond donors (Lipinski definition) is 1. The smallest absolute Gasteiger partial charge is 0.0678 e. The lowest BCUT2D eigenvalue weighted by Gasteiger charge is -2.12. The Balaban J connectivity index is 2.12. The van der Waals surface area contributed by atoms with E-state index >= 15 is 0 Å². The van der Waals surface area contributed by atoms with Crippen LogP contribution >= 0.6 is 0 Å². The molecule has 0 radical (unpaired) electrons. The Morgan fingerprint density at radius 2 is 2.14 bits per heavy atom. The van der Waals surface area contributed by atoms with E-state index in [0.717, 1.165) is 12.3 Å². The molecule has 1 heterocycles. The van der Waals surface area contributed by atoms with Gasteiger partial charge >= 0.3 is 0 Å². The molecule has 0 bridgehead atoms. The first-order valence-corrected chi connectivity index (χ1v) is 5.49. The van der Waals surface area contributed by atoms with Gasteiger partial charge in [-0.25, -0.2) is 0 Å². The summed E-state index contributed by atoms with van der Waals surface area (Å²) >= 11 is 0. The van der Waals surface area contributed by atoms with E-state index in [2.05, 4.69) is 23.8 Å². The lowest BCUT2D eigenvalue weighted by atomic mass is 10.0. The molecule has 3 nitrogen and oxygen atoms in total. The number of fused-ring (bicyclic) bond motifs is 1. The highest BCUT2D eigenvalue weighted by molar-refractivity contribution is 5.38. The maximum atomic E-state index is 6.22. The van der Waals surface area contributed by atoms with Gasteiger partial charge in [0.2, 0.25) is 0 Å². The Morgan fingerprint density at radius 1 is 1.43 bits per heavy atom. The molecule has 1 saturated carbocycles. The number of aryl methyl sites for hydroxylation is 1. The van der Waals surface area contributed by atoms with Crippen LogP contribution in [0.25, 0.3) is 0 Å². The van der Waals surface area contributed by atoms with Crippen molar-refractivity contribution >= 4 is 0 Å². The van der Waals surface area contributed by atoms with Gasteiger partial charge in [-0.1, -0.05) is 6.92 Å². The first-order chi connectivity index (χ1) is 6.68. The van der Waals surface area contributed by atoms with Crippen LogP contribution in [0.3, 0.4) is 0 Å². The zero-order valence-corrected chi connectivity index (χ0v) is 8.83. The molecule has 2 aliphatic carbocycles. The van der Waals surface area contributed by atoms with Crippen molar-refractivity contribution in [1.82, 2.24) is 9.78 Å². The van der Waals surface area contributed by atoms with Crippen molar-refractivity contribution in [3.8, 4) is 0 Å². The molecule has 3 heteroatoms. The van der Waals surface area contributed by atoms with Gasteiger partial charge in [-0.15, -0.1) is 0 Å². The summed E-state index contributed by atoms with van der Waals surface area (Å²) in [5.74, 6) is 1.33. The number of nitrogens with two attached hydrogens (primary N) is 1. The van der Waals surface area contributed by atoms with Gasteiger partial charge < -0.3 is 5.73 Å². The van der Waals surface area contributed by atoms with Crippen molar-refractivity contribution in [1.29, 1.82) is 0 Å². The summed E-state index contributed by atoms with van der Waals surface area (Å²) in [6.07, 6.45) is 3.72. The monoisotopic (exact) mass is 191 g/mol. The molecule has 0 spiro atoms. The number of aromatic nitrogens is 2. The van der Waals surface area contributed by atoms with Crippen molar-refractivity contribution in [3.05, 3.63) is 17.0 Å². The van der Waals surface area contributed by atoms with E-state index in [0.29, 0.717) is 5.92 Å². The third-order valence-corrected chi connectivity index (χ3v) is 3.63. The molecule has 0 aromatic carbocycles. The molecule has 2 unspecified atom stereocenters. The molecule has 76 valence electrons. The van der Waals surface area contributed by atoms with E-state index in [1.165, 1.54) is 29.8 Å². The Morgan fingerprint density at radius 3 is 2.79 bits per heavy atom. The predicted octanol–water partition coefficient (Wildman–Crippen LogP) is 1.49. The van der Waals surface area contributed by atoms with Gasteiger partial charge in [0.05, 0.1) is 5.69 Å². The summed E-state index contributed by atoms with van der Waals surface area (Å²) in [4.78, 5) is 0. The van der Waals surface area contributed by atoms with Gasteiger partial charge in [0.15, 0.2) is 0 Å². The summed E-state index contributed by atoms with van der Waals surface area (Å²) < 4.78 is 2.06. The van der Waals surface area contributed by atoms with Crippen LogP contribution in [0.1, 0.15) is 48.7 Å². The van der Waals surface area contributed by atoms with Crippen molar-refractivity contribution in [2.75, 3.05) is 0 Å². The Kier molecular flexibility index (Phi) is 1.57. The minimum absolute atomic E-state index is 0.231. The summed E-state index contributed by atoms with van der Waals surface area (Å²) in [5, 5.41) is 4.59. The van der Waals surface area contributed by atoms with Gasteiger partial charge in [0, 0.05) is 30.3 Å². The fraction of sp³-hybridized carbons (Fsp3) is 0.727. The van der Waals surface area contributed by atoms with Crippen LogP contribution in [0.5, 0.6) is 0 Å². The topological polar surface area (TPSA) is 43.8 Å². The second-order valence-corrected chi connectivity index (χ2v) is 4.85. The van der Waals surface area contributed by atoms with Gasteiger partial charge in [-0.05, 0) is 25.2 Å². The minimum atomic E-state index is 0.231. The van der Waals surface area contributed by atoms with E-state index in [-0.39, 0.29) is 6.04 Å². The zero-order chi connectivity index (χ0) is 9.87. The fourth-order valence-corrected chi connectivity index (χ4v) is 2.68. The molecule has 1 fully saturated rings. The molecule has 1 aromatic heterocycles. The van der Waals surface area contributed by atoms with Gasteiger partial charge in [0.25, 0.3) is 0 Å². The number of hydrogen-bond acceptors (Lipinski definition) is 2. The summed E-state index contributed by atoms with van der Waals surface area (Å²) in [5.41, 5.74) is 10.3. The third-order valence-electron chi connectivity index (χ3n) is 3.63. The molecule has 0 amide bonds. The first kappa shape index (κ1) is 8.48. The van der Waals surface area contributed by atoms with Crippen LogP contribution in [0, 0.1) is 5.92 Å². The SMILES string of the molecule is CC1Cc2nn(C)c(C3CC3)c2C1N. The maximum Gasteiger partial charge on any atom is 0.0678 e. The summed E-state index contributed by atoms with van der Waals surface area (Å²) in [7, 11) is 2.06. The Bertz CT molecular complexity index is 376. The summed E-state index contributed by atoms with van der Waals surface area (Å²) in [6, 6.07) is 0.231. The van der Waals surface area contributed by atoms with Crippen LogP contribution in [0.4, 0.5) is 0 Å². The van der Waals surface area contributed by atoms with E-state index in [9.17, 15) is 0 Å². The van der Waals surface area contributed by atoms with Gasteiger partial charge in [-0.2, -0.15) is 5.10 Å². The van der Waals surface area contributed by atoms with Crippen molar-refractivity contribution < 1.29 is 0 Å². The lowest BCUT2D eigenvalue weighted by molar-refractivity contribution is 0.496. The molecule has 3 rings (SSSR count). The molecule has 2 N–H and O–H groups in total. The average Bonchev–Trinajstić information content (AvgIpc) is 2.85. The van der Waals surface area contributed by atoms with Crippen molar-refractivity contribution in [3.63, 3.8) is 0 Å². The zero-order valence-electron chi connectivity index (χ0n) is 8.83. The van der Waals surface area contributed by atoms with E-state index in [4.69, 9.17) is 5.73 Å². The summed E-state index contributed by atoms with van der Waals surface area (Å²) in [6.45, 7) is 2.23. The standard InChI is InChI=1S/C11H17N3/c1-6-5-8-9(10(6)12)11(7-3-4-7)14(2)13-8/h6-7,10H,3-5,12H2,1-2H3. The lowest BCUT2D eigenvalue weighted by Crippen LogP contribution is -2.16. The second kappa shape index (κ2) is 2.60. The predicted molar refractivity (Wildman–Crippen MR) is 55.0 cm³/mol. The molecule has 1 aromatic rings. The highest BCUT2D eigenvalue weighted by atomic mass is 15.3. The van der Waals surface area contributed by atoms with Crippen LogP contribution in [0.2, 0.25) is 0 Å². The molecule has 2 atom stereocenters. The fourth-order valence-electron chi connectivity index (χ4n) is 2.68. The molecular formula is C11H17N3. The molecule has 2 aliphatic rings. The highest BCUT2D eigenvalue weighted by Gasteiger charge is 2.38. The Labute approximate surface area is 84.3 Å². The van der Waals surface area contributed by atoms with Gasteiger partial charge in [0.1, 0.15) is 0 Å². The van der Waals surface area contributed by atoms with E-state index < -0.39 is 0 Å². The van der Waals surface area contributed by atoms with Crippen molar-refractivity contribution in [2.24, 2.45) is 18.7 Å². The van der Waals surface area contributed by atoms with Crippen molar-refractivity contribution in [2.45, 2.75) is 38.1 Å². The highest BCUT2D eigenvalue weighted by Crippen LogP contribution is 2.47. The van der Waals surface area contributed by atoms with Gasteiger partial charge in [-0.3, -0.25) is 4.68 Å². The van der Waals surface area contributed by atoms with E-state index in [1.54, 1.807) is 0 Å². The van der Waals surface area contributed by atoms with E-state index in [1.807, 2.05) is 0 Å². The van der Waals surface area contributed by atoms with Crippen LogP contribution in [0.15, 0.2) is 0 Å². The quantitative estimate of drug-likeness (QED) is 0.731. The van der Waals surface area contributed by atoms with Crippen LogP contribution in [-0.4, -0.2) is 9.78 Å². The molecule has 0 saturated heterocycles. The molecular weight excluding hydrogens is 174 g/mol. The Hall–Kier alpha value is -0.830. The number of nitrogens with zero attached hydrogens (tertiary/aromatic N) is 2. The first-order valence-electron chi connectivity index (χ1n) is 5.49. The largest absolute Gasteiger partial charge is 0.324 e. The second-order valence-electron chi connectivity index (χ2n) is 4.85. The minimum Gasteiger partial charge on any atom is -0.324 e. The normalized spacial score (nSPS) is 30.8. The van der Waals surface area contributed by atoms with Crippen LogP contribution in [-0.2, 0) is 13.5 Å². The average molecular weight is 191 g/mol. The molecule has 14 heavy (non-hydrogen) atoms. The third kappa shape index (κ3) is 0.989.